The average Bonchev–Trinajstić information content (AvgIpc) is 2.86. The molecule has 4 rings (SSSR count). The number of amides is 1. The van der Waals surface area contributed by atoms with Crippen LogP contribution in [0.3, 0.4) is 0 Å². The molecule has 2 aromatic carbocycles. The second-order valence-corrected chi connectivity index (χ2v) is 8.18. The molecule has 0 N–H and O–H groups in total. The summed E-state index contributed by atoms with van der Waals surface area (Å²) in [7, 11) is 1.75. The fourth-order valence-corrected chi connectivity index (χ4v) is 5.50. The highest BCUT2D eigenvalue weighted by atomic mass is 79.9. The van der Waals surface area contributed by atoms with E-state index in [9.17, 15) is 4.79 Å². The molecular formula is C20H15BrClNO2S. The van der Waals surface area contributed by atoms with Crippen molar-refractivity contribution < 1.29 is 9.53 Å². The number of benzene rings is 2. The summed E-state index contributed by atoms with van der Waals surface area (Å²) < 4.78 is 6.70. The normalized spacial score (nSPS) is 12.6. The van der Waals surface area contributed by atoms with E-state index >= 15 is 0 Å². The number of carbonyl (C=O) groups is 1. The van der Waals surface area contributed by atoms with E-state index in [1.54, 1.807) is 18.0 Å². The zero-order valence-electron chi connectivity index (χ0n) is 14.0. The van der Waals surface area contributed by atoms with Crippen molar-refractivity contribution in [1.82, 2.24) is 0 Å². The summed E-state index contributed by atoms with van der Waals surface area (Å²) in [5.74, 6) is 0.778. The van der Waals surface area contributed by atoms with Gasteiger partial charge < -0.3 is 9.64 Å². The Kier molecular flexibility index (Phi) is 4.78. The van der Waals surface area contributed by atoms with Gasteiger partial charge in [-0.3, -0.25) is 4.79 Å². The Bertz CT molecular complexity index is 1000. The molecule has 3 aromatic rings. The number of hydrogen-bond acceptors (Lipinski definition) is 3. The summed E-state index contributed by atoms with van der Waals surface area (Å²) in [6, 6.07) is 15.3. The van der Waals surface area contributed by atoms with E-state index in [0.29, 0.717) is 22.2 Å². The Labute approximate surface area is 169 Å². The molecule has 2 heterocycles. The van der Waals surface area contributed by atoms with Crippen molar-refractivity contribution in [2.24, 2.45) is 0 Å². The van der Waals surface area contributed by atoms with Gasteiger partial charge in [-0.2, -0.15) is 0 Å². The highest BCUT2D eigenvalue weighted by Crippen LogP contribution is 2.45. The van der Waals surface area contributed by atoms with E-state index in [1.807, 2.05) is 42.5 Å². The fraction of sp³-hybridized carbons (Fsp3) is 0.150. The minimum absolute atomic E-state index is 0.0820. The molecule has 0 fully saturated rings. The average molecular weight is 449 g/mol. The zero-order chi connectivity index (χ0) is 18.3. The van der Waals surface area contributed by atoms with Gasteiger partial charge in [-0.15, -0.1) is 11.3 Å². The number of rotatable bonds is 2. The lowest BCUT2D eigenvalue weighted by Gasteiger charge is -2.18. The van der Waals surface area contributed by atoms with Crippen LogP contribution in [0, 0.1) is 0 Å². The topological polar surface area (TPSA) is 29.5 Å². The molecule has 0 spiro atoms. The number of hydrogen-bond donors (Lipinski definition) is 0. The van der Waals surface area contributed by atoms with Crippen LogP contribution in [0.2, 0.25) is 5.02 Å². The Morgan fingerprint density at radius 1 is 1.19 bits per heavy atom. The molecule has 0 atom stereocenters. The van der Waals surface area contributed by atoms with Gasteiger partial charge in [0.1, 0.15) is 10.6 Å². The molecule has 6 heteroatoms. The predicted molar refractivity (Wildman–Crippen MR) is 111 cm³/mol. The van der Waals surface area contributed by atoms with Crippen LogP contribution in [0.1, 0.15) is 15.2 Å². The maximum absolute atomic E-state index is 13.2. The highest BCUT2D eigenvalue weighted by Gasteiger charge is 2.27. The van der Waals surface area contributed by atoms with Crippen LogP contribution in [0.25, 0.3) is 10.4 Å². The smallest absolute Gasteiger partial charge is 0.269 e. The van der Waals surface area contributed by atoms with Crippen molar-refractivity contribution >= 4 is 50.5 Å². The van der Waals surface area contributed by atoms with E-state index in [2.05, 4.69) is 15.9 Å². The van der Waals surface area contributed by atoms with Crippen molar-refractivity contribution in [2.75, 3.05) is 18.6 Å². The van der Waals surface area contributed by atoms with Gasteiger partial charge in [0, 0.05) is 28.4 Å². The monoisotopic (exact) mass is 447 g/mol. The molecule has 132 valence electrons. The number of thiophene rings is 1. The highest BCUT2D eigenvalue weighted by molar-refractivity contribution is 9.10. The molecule has 0 aliphatic carbocycles. The molecule has 1 aliphatic rings. The lowest BCUT2D eigenvalue weighted by molar-refractivity contribution is 0.0996. The lowest BCUT2D eigenvalue weighted by atomic mass is 10.1. The second kappa shape index (κ2) is 7.06. The van der Waals surface area contributed by atoms with Crippen molar-refractivity contribution in [1.29, 1.82) is 0 Å². The Hall–Kier alpha value is -1.82. The molecule has 0 unspecified atom stereocenters. The summed E-state index contributed by atoms with van der Waals surface area (Å²) in [4.78, 5) is 16.5. The molecular weight excluding hydrogens is 434 g/mol. The number of para-hydroxylation sites is 2. The summed E-state index contributed by atoms with van der Waals surface area (Å²) >= 11 is 11.4. The first kappa shape index (κ1) is 17.6. The summed E-state index contributed by atoms with van der Waals surface area (Å²) in [5, 5.41) is 0.552. The molecule has 0 bridgehead atoms. The minimum Gasteiger partial charge on any atom is -0.493 e. The molecule has 0 saturated heterocycles. The quantitative estimate of drug-likeness (QED) is 0.478. The number of anilines is 1. The third-order valence-electron chi connectivity index (χ3n) is 4.40. The van der Waals surface area contributed by atoms with Gasteiger partial charge >= 0.3 is 0 Å². The third-order valence-corrected chi connectivity index (χ3v) is 7.11. The third kappa shape index (κ3) is 2.94. The van der Waals surface area contributed by atoms with Crippen LogP contribution in [0.15, 0.2) is 53.0 Å². The molecule has 1 aliphatic heterocycles. The van der Waals surface area contributed by atoms with Crippen LogP contribution in [-0.2, 0) is 6.42 Å². The zero-order valence-corrected chi connectivity index (χ0v) is 17.1. The van der Waals surface area contributed by atoms with Crippen molar-refractivity contribution in [2.45, 2.75) is 6.42 Å². The van der Waals surface area contributed by atoms with Crippen LogP contribution >= 0.6 is 38.9 Å². The van der Waals surface area contributed by atoms with Crippen molar-refractivity contribution in [3.63, 3.8) is 0 Å². The van der Waals surface area contributed by atoms with Gasteiger partial charge in [-0.1, -0.05) is 35.9 Å². The first-order chi connectivity index (χ1) is 12.6. The molecule has 3 nitrogen and oxygen atoms in total. The van der Waals surface area contributed by atoms with Gasteiger partial charge in [-0.25, -0.2) is 0 Å². The van der Waals surface area contributed by atoms with Crippen LogP contribution in [-0.4, -0.2) is 19.6 Å². The Morgan fingerprint density at radius 3 is 2.73 bits per heavy atom. The number of halogens is 2. The minimum atomic E-state index is -0.0820. The summed E-state index contributed by atoms with van der Waals surface area (Å²) in [6.45, 7) is 0.591. The van der Waals surface area contributed by atoms with E-state index in [-0.39, 0.29) is 5.91 Å². The Morgan fingerprint density at radius 2 is 1.92 bits per heavy atom. The van der Waals surface area contributed by atoms with Gasteiger partial charge in [-0.05, 0) is 45.8 Å². The van der Waals surface area contributed by atoms with Crippen LogP contribution < -0.4 is 9.64 Å². The predicted octanol–water partition coefficient (Wildman–Crippen LogP) is 6.04. The van der Waals surface area contributed by atoms with Gasteiger partial charge in [0.15, 0.2) is 0 Å². The maximum Gasteiger partial charge on any atom is 0.269 e. The number of fused-ring (bicyclic) bond motifs is 3. The number of carbonyl (C=O) groups excluding carboxylic acids is 1. The molecule has 1 aromatic heterocycles. The largest absolute Gasteiger partial charge is 0.493 e. The first-order valence-corrected chi connectivity index (χ1v) is 10.1. The van der Waals surface area contributed by atoms with Crippen molar-refractivity contribution in [3.8, 4) is 16.2 Å². The van der Waals surface area contributed by atoms with Gasteiger partial charge in [0.05, 0.1) is 17.3 Å². The first-order valence-electron chi connectivity index (χ1n) is 8.14. The van der Waals surface area contributed by atoms with E-state index in [4.69, 9.17) is 16.3 Å². The number of ether oxygens (including phenoxy) is 1. The number of nitrogens with zero attached hydrogens (tertiary/aromatic N) is 1. The van der Waals surface area contributed by atoms with Crippen LogP contribution in [0.5, 0.6) is 5.75 Å². The summed E-state index contributed by atoms with van der Waals surface area (Å²) in [5.41, 5.74) is 2.85. The molecule has 26 heavy (non-hydrogen) atoms. The Balaban J connectivity index is 1.79. The molecule has 0 radical (unpaired) electrons. The fourth-order valence-electron chi connectivity index (χ4n) is 3.05. The van der Waals surface area contributed by atoms with Gasteiger partial charge in [0.2, 0.25) is 0 Å². The molecule has 0 saturated carbocycles. The standard InChI is InChI=1S/C20H15BrClNO2S/c1-23(15-8-4-3-7-14(15)22)20(24)19-17(21)13-10-11-25-16-9-5-2-6-12(16)18(13)26-19/h2-9H,10-11H2,1H3. The van der Waals surface area contributed by atoms with E-state index < -0.39 is 0 Å². The van der Waals surface area contributed by atoms with E-state index in [1.165, 1.54) is 11.3 Å². The SMILES string of the molecule is CN(C(=O)c1sc2c(c1Br)CCOc1ccccc1-2)c1ccccc1Cl. The second-order valence-electron chi connectivity index (χ2n) is 5.96. The molecule has 1 amide bonds. The van der Waals surface area contributed by atoms with Crippen LogP contribution in [0.4, 0.5) is 5.69 Å². The van der Waals surface area contributed by atoms with Gasteiger partial charge in [0.25, 0.3) is 5.91 Å². The summed E-state index contributed by atoms with van der Waals surface area (Å²) in [6.07, 6.45) is 0.754. The van der Waals surface area contributed by atoms with Crippen molar-refractivity contribution in [3.05, 3.63) is 68.5 Å². The lowest BCUT2D eigenvalue weighted by Crippen LogP contribution is -2.26. The van der Waals surface area contributed by atoms with E-state index in [0.717, 1.165) is 32.6 Å². The maximum atomic E-state index is 13.2.